The Labute approximate surface area is 128 Å². The number of thiazole rings is 1. The highest BCUT2D eigenvalue weighted by Crippen LogP contribution is 2.14. The van der Waals surface area contributed by atoms with Gasteiger partial charge in [0.15, 0.2) is 5.13 Å². The molecule has 22 heavy (non-hydrogen) atoms. The van der Waals surface area contributed by atoms with E-state index in [2.05, 4.69) is 15.4 Å². The van der Waals surface area contributed by atoms with Crippen LogP contribution in [0.1, 0.15) is 5.69 Å². The van der Waals surface area contributed by atoms with E-state index in [1.54, 1.807) is 29.6 Å². The third kappa shape index (κ3) is 2.68. The predicted octanol–water partition coefficient (Wildman–Crippen LogP) is 1.09. The number of benzene rings is 1. The van der Waals surface area contributed by atoms with E-state index in [0.29, 0.717) is 10.5 Å². The molecule has 8 heteroatoms. The first-order chi connectivity index (χ1) is 10.5. The van der Waals surface area contributed by atoms with Crippen molar-refractivity contribution in [2.45, 2.75) is 13.5 Å². The topological polar surface area (TPSA) is 96.9 Å². The van der Waals surface area contributed by atoms with Gasteiger partial charge in [-0.25, -0.2) is 9.67 Å². The summed E-state index contributed by atoms with van der Waals surface area (Å²) >= 11 is 1.30. The van der Waals surface area contributed by atoms with E-state index in [0.717, 1.165) is 10.4 Å². The molecule has 1 amide bonds. The van der Waals surface area contributed by atoms with Gasteiger partial charge in [-0.3, -0.25) is 19.5 Å². The molecule has 2 heterocycles. The lowest BCUT2D eigenvalue weighted by atomic mass is 10.2. The molecule has 0 saturated carbocycles. The van der Waals surface area contributed by atoms with E-state index in [-0.39, 0.29) is 11.9 Å². The molecule has 3 aromatic rings. The van der Waals surface area contributed by atoms with Gasteiger partial charge in [0.25, 0.3) is 11.1 Å². The van der Waals surface area contributed by atoms with Gasteiger partial charge in [0.1, 0.15) is 6.54 Å². The fourth-order valence-electron chi connectivity index (χ4n) is 2.07. The number of anilines is 1. The first-order valence-corrected chi connectivity index (χ1v) is 7.36. The molecular formula is C14H12N4O3S. The van der Waals surface area contributed by atoms with Gasteiger partial charge in [0.2, 0.25) is 5.91 Å². The highest BCUT2D eigenvalue weighted by Gasteiger charge is 2.11. The predicted molar refractivity (Wildman–Crippen MR) is 84.3 cm³/mol. The highest BCUT2D eigenvalue weighted by molar-refractivity contribution is 7.13. The summed E-state index contributed by atoms with van der Waals surface area (Å²) in [5.41, 5.74) is -0.0228. The molecule has 0 aliphatic carbocycles. The second-order valence-corrected chi connectivity index (χ2v) is 5.58. The monoisotopic (exact) mass is 316 g/mol. The summed E-state index contributed by atoms with van der Waals surface area (Å²) in [5.74, 6) is -0.428. The highest BCUT2D eigenvalue weighted by atomic mass is 32.1. The molecule has 112 valence electrons. The zero-order chi connectivity index (χ0) is 15.7. The van der Waals surface area contributed by atoms with Gasteiger partial charge in [0.05, 0.1) is 16.5 Å². The van der Waals surface area contributed by atoms with Gasteiger partial charge < -0.3 is 5.32 Å². The molecule has 0 saturated heterocycles. The minimum absolute atomic E-state index is 0.280. The molecule has 0 aliphatic rings. The number of aryl methyl sites for hydroxylation is 1. The Morgan fingerprint density at radius 1 is 1.32 bits per heavy atom. The minimum Gasteiger partial charge on any atom is -0.300 e. The number of carbonyl (C=O) groups excluding carboxylic acids is 1. The van der Waals surface area contributed by atoms with Crippen molar-refractivity contribution in [3.8, 4) is 0 Å². The number of amides is 1. The van der Waals surface area contributed by atoms with Gasteiger partial charge in [-0.1, -0.05) is 12.1 Å². The molecule has 2 aromatic heterocycles. The second-order valence-electron chi connectivity index (χ2n) is 4.72. The smallest absolute Gasteiger partial charge is 0.273 e. The number of aromatic amines is 1. The summed E-state index contributed by atoms with van der Waals surface area (Å²) in [6, 6.07) is 6.48. The number of nitrogens with one attached hydrogen (secondary N) is 2. The van der Waals surface area contributed by atoms with E-state index in [1.807, 2.05) is 6.92 Å². The normalized spacial score (nSPS) is 10.8. The molecule has 0 fully saturated rings. The molecule has 2 N–H and O–H groups in total. The Balaban J connectivity index is 1.91. The van der Waals surface area contributed by atoms with E-state index in [9.17, 15) is 14.4 Å². The molecule has 0 bridgehead atoms. The average molecular weight is 316 g/mol. The summed E-state index contributed by atoms with van der Waals surface area (Å²) in [6.07, 6.45) is 0. The van der Waals surface area contributed by atoms with Crippen LogP contribution in [0.15, 0.2) is 39.2 Å². The van der Waals surface area contributed by atoms with E-state index in [4.69, 9.17) is 0 Å². The zero-order valence-electron chi connectivity index (χ0n) is 11.6. The van der Waals surface area contributed by atoms with E-state index < -0.39 is 17.0 Å². The van der Waals surface area contributed by atoms with Crippen molar-refractivity contribution >= 4 is 33.1 Å². The number of carbonyl (C=O) groups is 1. The Morgan fingerprint density at radius 2 is 2.05 bits per heavy atom. The number of aromatic nitrogens is 3. The third-order valence-corrected chi connectivity index (χ3v) is 3.93. The summed E-state index contributed by atoms with van der Waals surface area (Å²) in [5, 5.41) is 7.85. The van der Waals surface area contributed by atoms with Crippen LogP contribution < -0.4 is 16.4 Å². The molecule has 0 spiro atoms. The van der Waals surface area contributed by atoms with Crippen molar-refractivity contribution in [2.24, 2.45) is 0 Å². The summed E-state index contributed by atoms with van der Waals surface area (Å²) in [7, 11) is 0. The molecule has 0 aliphatic heterocycles. The summed E-state index contributed by atoms with van der Waals surface area (Å²) in [6.45, 7) is 1.54. The molecule has 3 rings (SSSR count). The number of hydrogen-bond acceptors (Lipinski definition) is 5. The standard InChI is InChI=1S/C14H12N4O3S/c1-8-7-22-14(15-8)16-11(19)6-18-13(21)10-5-3-2-4-9(10)12(20)17-18/h2-5,7H,6H2,1H3,(H,17,20)(H,15,16,19). The van der Waals surface area contributed by atoms with Crippen molar-refractivity contribution in [3.63, 3.8) is 0 Å². The number of nitrogens with zero attached hydrogens (tertiary/aromatic N) is 2. The van der Waals surface area contributed by atoms with Gasteiger partial charge in [0, 0.05) is 5.38 Å². The molecule has 1 aromatic carbocycles. The Kier molecular flexibility index (Phi) is 3.60. The molecule has 0 radical (unpaired) electrons. The van der Waals surface area contributed by atoms with Crippen LogP contribution in [-0.4, -0.2) is 20.7 Å². The van der Waals surface area contributed by atoms with Crippen molar-refractivity contribution in [1.82, 2.24) is 14.8 Å². The van der Waals surface area contributed by atoms with Crippen LogP contribution in [-0.2, 0) is 11.3 Å². The van der Waals surface area contributed by atoms with Gasteiger partial charge in [-0.05, 0) is 19.1 Å². The summed E-state index contributed by atoms with van der Waals surface area (Å²) < 4.78 is 1.00. The van der Waals surface area contributed by atoms with Crippen LogP contribution >= 0.6 is 11.3 Å². The number of fused-ring (bicyclic) bond motifs is 1. The van der Waals surface area contributed by atoms with Crippen LogP contribution in [0.3, 0.4) is 0 Å². The maximum absolute atomic E-state index is 12.3. The fourth-order valence-corrected chi connectivity index (χ4v) is 2.78. The maximum atomic E-state index is 12.3. The number of H-pyrrole nitrogens is 1. The number of hydrogen-bond donors (Lipinski definition) is 2. The van der Waals surface area contributed by atoms with Gasteiger partial charge in [-0.2, -0.15) is 0 Å². The quantitative estimate of drug-likeness (QED) is 0.756. The molecule has 0 unspecified atom stereocenters. The average Bonchev–Trinajstić information content (AvgIpc) is 2.89. The lowest BCUT2D eigenvalue weighted by Gasteiger charge is -2.06. The van der Waals surface area contributed by atoms with Crippen molar-refractivity contribution < 1.29 is 4.79 Å². The van der Waals surface area contributed by atoms with Crippen LogP contribution in [0, 0.1) is 6.92 Å². The second kappa shape index (κ2) is 5.57. The van der Waals surface area contributed by atoms with Crippen molar-refractivity contribution in [1.29, 1.82) is 0 Å². The number of rotatable bonds is 3. The van der Waals surface area contributed by atoms with Crippen LogP contribution in [0.25, 0.3) is 10.8 Å². The Hall–Kier alpha value is -2.74. The van der Waals surface area contributed by atoms with E-state index in [1.165, 1.54) is 11.3 Å². The van der Waals surface area contributed by atoms with Crippen molar-refractivity contribution in [2.75, 3.05) is 5.32 Å². The largest absolute Gasteiger partial charge is 0.300 e. The zero-order valence-corrected chi connectivity index (χ0v) is 12.4. The Bertz CT molecular complexity index is 970. The van der Waals surface area contributed by atoms with Gasteiger partial charge in [-0.15, -0.1) is 11.3 Å². The Morgan fingerprint density at radius 3 is 2.73 bits per heavy atom. The maximum Gasteiger partial charge on any atom is 0.273 e. The molecule has 0 atom stereocenters. The lowest BCUT2D eigenvalue weighted by Crippen LogP contribution is -2.34. The van der Waals surface area contributed by atoms with Crippen LogP contribution in [0.2, 0.25) is 0 Å². The molecule has 7 nitrogen and oxygen atoms in total. The minimum atomic E-state index is -0.428. The first-order valence-electron chi connectivity index (χ1n) is 6.48. The third-order valence-electron chi connectivity index (χ3n) is 3.05. The van der Waals surface area contributed by atoms with E-state index >= 15 is 0 Å². The fraction of sp³-hybridized carbons (Fsp3) is 0.143. The van der Waals surface area contributed by atoms with Gasteiger partial charge >= 0.3 is 0 Å². The molecular weight excluding hydrogens is 304 g/mol. The first kappa shape index (κ1) is 14.2. The summed E-state index contributed by atoms with van der Waals surface area (Å²) in [4.78, 5) is 40.3. The lowest BCUT2D eigenvalue weighted by molar-refractivity contribution is -0.117. The SMILES string of the molecule is Cc1csc(NC(=O)Cn2[nH]c(=O)c3ccccc3c2=O)n1. The van der Waals surface area contributed by atoms with Crippen LogP contribution in [0.5, 0.6) is 0 Å². The van der Waals surface area contributed by atoms with Crippen LogP contribution in [0.4, 0.5) is 5.13 Å². The van der Waals surface area contributed by atoms with Crippen molar-refractivity contribution in [3.05, 3.63) is 56.0 Å².